The van der Waals surface area contributed by atoms with Crippen LogP contribution in [0, 0.1) is 11.3 Å². The number of halogens is 4. The summed E-state index contributed by atoms with van der Waals surface area (Å²) in [5, 5.41) is 9.01. The molecule has 1 aromatic rings. The van der Waals surface area contributed by atoms with Crippen molar-refractivity contribution in [2.75, 3.05) is 6.61 Å². The van der Waals surface area contributed by atoms with Gasteiger partial charge in [0.15, 0.2) is 0 Å². The van der Waals surface area contributed by atoms with Gasteiger partial charge in [0.25, 0.3) is 0 Å². The summed E-state index contributed by atoms with van der Waals surface area (Å²) in [5.74, 6) is -0.626. The summed E-state index contributed by atoms with van der Waals surface area (Å²) in [5.41, 5.74) is -4.16. The van der Waals surface area contributed by atoms with E-state index in [9.17, 15) is 18.0 Å². The quantitative estimate of drug-likeness (QED) is 0.462. The van der Waals surface area contributed by atoms with E-state index in [1.165, 1.54) is 12.1 Å². The fourth-order valence-corrected chi connectivity index (χ4v) is 2.51. The highest BCUT2D eigenvalue weighted by molar-refractivity contribution is 8.00. The Morgan fingerprint density at radius 1 is 1.48 bits per heavy atom. The molecule has 1 aromatic carbocycles. The maximum absolute atomic E-state index is 12.6. The third kappa shape index (κ3) is 5.48. The number of carbonyl (C=O) groups is 1. The van der Waals surface area contributed by atoms with E-state index >= 15 is 0 Å². The van der Waals surface area contributed by atoms with E-state index in [2.05, 4.69) is 0 Å². The number of rotatable bonds is 5. The Bertz CT molecular complexity index is 570. The van der Waals surface area contributed by atoms with Crippen LogP contribution in [0.2, 0.25) is 0 Å². The van der Waals surface area contributed by atoms with E-state index in [0.717, 1.165) is 0 Å². The van der Waals surface area contributed by atoms with Crippen LogP contribution in [-0.2, 0) is 21.8 Å². The Kier molecular flexibility index (Phi) is 6.37. The number of benzene rings is 1. The zero-order chi connectivity index (χ0) is 16.0. The van der Waals surface area contributed by atoms with Gasteiger partial charge in [-0.15, -0.1) is 11.6 Å². The van der Waals surface area contributed by atoms with Crippen LogP contribution in [0.4, 0.5) is 13.2 Å². The molecule has 21 heavy (non-hydrogen) atoms. The van der Waals surface area contributed by atoms with Gasteiger partial charge in [-0.05, 0) is 35.9 Å². The van der Waals surface area contributed by atoms with Crippen molar-refractivity contribution in [3.05, 3.63) is 28.8 Å². The second-order valence-corrected chi connectivity index (χ2v) is 5.25. The average Bonchev–Trinajstić information content (AvgIpc) is 2.39. The Morgan fingerprint density at radius 2 is 2.14 bits per heavy atom. The molecule has 0 spiro atoms. The lowest BCUT2D eigenvalue weighted by Crippen LogP contribution is -2.11. The first kappa shape index (κ1) is 17.7. The van der Waals surface area contributed by atoms with Crippen LogP contribution in [-0.4, -0.2) is 18.1 Å². The summed E-state index contributed by atoms with van der Waals surface area (Å²) in [6, 6.07) is 4.38. The van der Waals surface area contributed by atoms with Gasteiger partial charge in [0, 0.05) is 10.8 Å². The van der Waals surface area contributed by atoms with Gasteiger partial charge in [-0.25, -0.2) is 0 Å². The topological polar surface area (TPSA) is 50.1 Å². The van der Waals surface area contributed by atoms with Gasteiger partial charge in [-0.1, -0.05) is 6.07 Å². The van der Waals surface area contributed by atoms with Crippen molar-refractivity contribution in [2.45, 2.75) is 29.6 Å². The molecular weight excluding hydrogens is 327 g/mol. The van der Waals surface area contributed by atoms with Crippen molar-refractivity contribution >= 4 is 29.3 Å². The number of thioether (sulfide) groups is 1. The van der Waals surface area contributed by atoms with E-state index in [0.29, 0.717) is 5.56 Å². The lowest BCUT2D eigenvalue weighted by molar-refractivity contribution is -0.142. The molecule has 0 unspecified atom stereocenters. The van der Waals surface area contributed by atoms with Crippen molar-refractivity contribution in [3.63, 3.8) is 0 Å². The monoisotopic (exact) mass is 337 g/mol. The van der Waals surface area contributed by atoms with Crippen LogP contribution in [0.25, 0.3) is 0 Å². The molecule has 3 nitrogen and oxygen atoms in total. The van der Waals surface area contributed by atoms with Gasteiger partial charge in [-0.2, -0.15) is 18.4 Å². The number of nitriles is 1. The summed E-state index contributed by atoms with van der Waals surface area (Å²) < 4.78 is 42.6. The molecule has 0 bridgehead atoms. The van der Waals surface area contributed by atoms with Crippen molar-refractivity contribution in [1.29, 1.82) is 5.26 Å². The Labute approximate surface area is 129 Å². The Morgan fingerprint density at radius 3 is 2.62 bits per heavy atom. The molecule has 0 aliphatic heterocycles. The second kappa shape index (κ2) is 7.57. The number of hydrogen-bond acceptors (Lipinski definition) is 4. The zero-order valence-corrected chi connectivity index (χ0v) is 12.5. The fourth-order valence-electron chi connectivity index (χ4n) is 1.65. The SMILES string of the molecule is CCOC(=O)Cc1cc(CCl)cc(C#N)c1SC(F)(F)F. The van der Waals surface area contributed by atoms with Crippen molar-refractivity contribution in [1.82, 2.24) is 0 Å². The molecule has 114 valence electrons. The summed E-state index contributed by atoms with van der Waals surface area (Å²) in [4.78, 5) is 11.2. The van der Waals surface area contributed by atoms with Crippen molar-refractivity contribution < 1.29 is 22.7 Å². The van der Waals surface area contributed by atoms with E-state index in [1.807, 2.05) is 0 Å². The summed E-state index contributed by atoms with van der Waals surface area (Å²) in [6.45, 7) is 1.72. The molecule has 0 amide bonds. The van der Waals surface area contributed by atoms with Crippen LogP contribution in [0.15, 0.2) is 17.0 Å². The third-order valence-electron chi connectivity index (χ3n) is 2.36. The highest BCUT2D eigenvalue weighted by Crippen LogP contribution is 2.41. The van der Waals surface area contributed by atoms with Gasteiger partial charge in [0.2, 0.25) is 0 Å². The number of nitrogens with zero attached hydrogens (tertiary/aromatic N) is 1. The van der Waals surface area contributed by atoms with Crippen LogP contribution >= 0.6 is 23.4 Å². The molecule has 0 aliphatic rings. The van der Waals surface area contributed by atoms with Crippen LogP contribution < -0.4 is 0 Å². The molecule has 0 N–H and O–H groups in total. The number of alkyl halides is 4. The Hall–Kier alpha value is -1.39. The molecule has 1 rings (SSSR count). The molecule has 0 fully saturated rings. The molecule has 0 aliphatic carbocycles. The van der Waals surface area contributed by atoms with Crippen molar-refractivity contribution in [3.8, 4) is 6.07 Å². The van der Waals surface area contributed by atoms with Gasteiger partial charge >= 0.3 is 11.5 Å². The molecule has 0 saturated carbocycles. The third-order valence-corrected chi connectivity index (χ3v) is 3.58. The molecule has 0 aromatic heterocycles. The maximum atomic E-state index is 12.6. The van der Waals surface area contributed by atoms with Gasteiger partial charge in [0.05, 0.1) is 18.6 Å². The summed E-state index contributed by atoms with van der Waals surface area (Å²) in [7, 11) is 0. The summed E-state index contributed by atoms with van der Waals surface area (Å²) in [6.07, 6.45) is -0.342. The van der Waals surface area contributed by atoms with E-state index < -0.39 is 23.2 Å². The molecule has 0 saturated heterocycles. The van der Waals surface area contributed by atoms with Gasteiger partial charge < -0.3 is 4.74 Å². The lowest BCUT2D eigenvalue weighted by Gasteiger charge is -2.14. The first-order valence-corrected chi connectivity index (χ1v) is 7.19. The van der Waals surface area contributed by atoms with Crippen LogP contribution in [0.5, 0.6) is 0 Å². The van der Waals surface area contributed by atoms with Gasteiger partial charge in [0.1, 0.15) is 6.07 Å². The number of hydrogen-bond donors (Lipinski definition) is 0. The van der Waals surface area contributed by atoms with E-state index in [1.54, 1.807) is 13.0 Å². The normalized spacial score (nSPS) is 11.0. The predicted molar refractivity (Wildman–Crippen MR) is 73.0 cm³/mol. The average molecular weight is 338 g/mol. The van der Waals surface area contributed by atoms with E-state index in [4.69, 9.17) is 21.6 Å². The summed E-state index contributed by atoms with van der Waals surface area (Å²) >= 11 is 5.24. The number of ether oxygens (including phenoxy) is 1. The predicted octanol–water partition coefficient (Wildman–Crippen LogP) is 4.01. The minimum absolute atomic E-state index is 0.0292. The first-order valence-electron chi connectivity index (χ1n) is 5.84. The molecule has 0 radical (unpaired) electrons. The highest BCUT2D eigenvalue weighted by atomic mass is 35.5. The first-order chi connectivity index (χ1) is 9.80. The van der Waals surface area contributed by atoms with Crippen LogP contribution in [0.1, 0.15) is 23.6 Å². The fraction of sp³-hybridized carbons (Fsp3) is 0.385. The molecule has 0 heterocycles. The highest BCUT2D eigenvalue weighted by Gasteiger charge is 2.32. The minimum Gasteiger partial charge on any atom is -0.466 e. The number of esters is 1. The largest absolute Gasteiger partial charge is 0.466 e. The smallest absolute Gasteiger partial charge is 0.446 e. The number of carbonyl (C=O) groups excluding carboxylic acids is 1. The standard InChI is InChI=1S/C13H11ClF3NO2S/c1-2-20-11(19)5-9-3-8(6-14)4-10(7-18)12(9)21-13(15,16)17/h3-4H,2,5-6H2,1H3. The van der Waals surface area contributed by atoms with Crippen molar-refractivity contribution in [2.24, 2.45) is 0 Å². The van der Waals surface area contributed by atoms with Crippen LogP contribution in [0.3, 0.4) is 0 Å². The second-order valence-electron chi connectivity index (χ2n) is 3.91. The molecule has 8 heteroatoms. The molecular formula is C13H11ClF3NO2S. The minimum atomic E-state index is -4.56. The zero-order valence-electron chi connectivity index (χ0n) is 11.0. The lowest BCUT2D eigenvalue weighted by atomic mass is 10.0. The maximum Gasteiger partial charge on any atom is 0.446 e. The molecule has 0 atom stereocenters. The van der Waals surface area contributed by atoms with E-state index in [-0.39, 0.29) is 34.9 Å². The Balaban J connectivity index is 3.29. The van der Waals surface area contributed by atoms with Gasteiger partial charge in [-0.3, -0.25) is 4.79 Å².